The van der Waals surface area contributed by atoms with Crippen molar-refractivity contribution < 1.29 is 24.2 Å². The van der Waals surface area contributed by atoms with Gasteiger partial charge in [-0.15, -0.1) is 0 Å². The standard InChI is InChI=1S/C15H13BrClNO5S/c1-2-3-18-14(21)11(24-15(18)22)6-8-4-9(16)13(10(17)5-8)23-7-12(19)20/h4-6H,2-3,7H2,1H3,(H,19,20)/b11-6+. The first-order valence-electron chi connectivity index (χ1n) is 6.92. The van der Waals surface area contributed by atoms with Gasteiger partial charge < -0.3 is 9.84 Å². The molecule has 0 aromatic heterocycles. The fraction of sp³-hybridized carbons (Fsp3) is 0.267. The van der Waals surface area contributed by atoms with E-state index in [0.29, 0.717) is 27.9 Å². The van der Waals surface area contributed by atoms with Crippen LogP contribution in [0.4, 0.5) is 4.79 Å². The molecule has 1 saturated heterocycles. The van der Waals surface area contributed by atoms with E-state index in [1.54, 1.807) is 12.1 Å². The van der Waals surface area contributed by atoms with Crippen LogP contribution in [0.5, 0.6) is 5.75 Å². The van der Waals surface area contributed by atoms with E-state index in [0.717, 1.165) is 11.8 Å². The molecule has 2 rings (SSSR count). The Kier molecular flexibility index (Phi) is 6.31. The summed E-state index contributed by atoms with van der Waals surface area (Å²) < 4.78 is 5.56. The molecule has 1 heterocycles. The van der Waals surface area contributed by atoms with Gasteiger partial charge in [0.15, 0.2) is 12.4 Å². The molecule has 24 heavy (non-hydrogen) atoms. The molecule has 0 spiro atoms. The molecule has 0 unspecified atom stereocenters. The molecule has 1 N–H and O–H groups in total. The lowest BCUT2D eigenvalue weighted by Crippen LogP contribution is -2.28. The molecular formula is C15H13BrClNO5S. The van der Waals surface area contributed by atoms with Crippen molar-refractivity contribution in [3.63, 3.8) is 0 Å². The summed E-state index contributed by atoms with van der Waals surface area (Å²) in [7, 11) is 0. The van der Waals surface area contributed by atoms with Crippen LogP contribution in [0.25, 0.3) is 6.08 Å². The van der Waals surface area contributed by atoms with Gasteiger partial charge in [-0.05, 0) is 57.9 Å². The summed E-state index contributed by atoms with van der Waals surface area (Å²) >= 11 is 10.2. The number of hydrogen-bond donors (Lipinski definition) is 1. The number of thioether (sulfide) groups is 1. The Hall–Kier alpha value is -1.51. The maximum atomic E-state index is 12.2. The summed E-state index contributed by atoms with van der Waals surface area (Å²) in [5.41, 5.74) is 0.594. The first-order chi connectivity index (χ1) is 11.3. The van der Waals surface area contributed by atoms with Gasteiger partial charge >= 0.3 is 5.97 Å². The van der Waals surface area contributed by atoms with Gasteiger partial charge in [0.1, 0.15) is 0 Å². The van der Waals surface area contributed by atoms with Crippen LogP contribution in [0.3, 0.4) is 0 Å². The highest BCUT2D eigenvalue weighted by Crippen LogP contribution is 2.37. The molecule has 1 aromatic carbocycles. The second-order valence-corrected chi connectivity index (χ2v) is 7.08. The van der Waals surface area contributed by atoms with Crippen molar-refractivity contribution >= 4 is 62.5 Å². The number of benzene rings is 1. The van der Waals surface area contributed by atoms with Crippen LogP contribution in [0.15, 0.2) is 21.5 Å². The van der Waals surface area contributed by atoms with Crippen molar-refractivity contribution in [3.05, 3.63) is 32.1 Å². The lowest BCUT2D eigenvalue weighted by atomic mass is 10.2. The lowest BCUT2D eigenvalue weighted by Gasteiger charge is -2.10. The zero-order valence-corrected chi connectivity index (χ0v) is 15.7. The van der Waals surface area contributed by atoms with Crippen molar-refractivity contribution in [2.45, 2.75) is 13.3 Å². The second kappa shape index (κ2) is 8.04. The summed E-state index contributed by atoms with van der Waals surface area (Å²) in [4.78, 5) is 36.1. The number of hydrogen-bond acceptors (Lipinski definition) is 5. The van der Waals surface area contributed by atoms with Gasteiger partial charge in [0.05, 0.1) is 14.4 Å². The lowest BCUT2D eigenvalue weighted by molar-refractivity contribution is -0.139. The van der Waals surface area contributed by atoms with E-state index in [2.05, 4.69) is 15.9 Å². The number of carbonyl (C=O) groups is 3. The molecule has 0 atom stereocenters. The highest BCUT2D eigenvalue weighted by atomic mass is 79.9. The van der Waals surface area contributed by atoms with Crippen molar-refractivity contribution in [3.8, 4) is 5.75 Å². The highest BCUT2D eigenvalue weighted by molar-refractivity contribution is 9.10. The maximum Gasteiger partial charge on any atom is 0.341 e. The molecule has 1 aromatic rings. The number of halogens is 2. The zero-order chi connectivity index (χ0) is 17.9. The molecule has 128 valence electrons. The van der Waals surface area contributed by atoms with Crippen LogP contribution < -0.4 is 4.74 Å². The van der Waals surface area contributed by atoms with Crippen molar-refractivity contribution in [1.82, 2.24) is 4.90 Å². The number of nitrogens with zero attached hydrogens (tertiary/aromatic N) is 1. The summed E-state index contributed by atoms with van der Waals surface area (Å²) in [6.45, 7) is 1.75. The average molecular weight is 435 g/mol. The Balaban J connectivity index is 2.26. The van der Waals surface area contributed by atoms with Crippen molar-refractivity contribution in [1.29, 1.82) is 0 Å². The largest absolute Gasteiger partial charge is 0.479 e. The summed E-state index contributed by atoms with van der Waals surface area (Å²) in [5, 5.41) is 8.56. The van der Waals surface area contributed by atoms with Crippen LogP contribution in [0.2, 0.25) is 5.02 Å². The molecule has 1 aliphatic heterocycles. The summed E-state index contributed by atoms with van der Waals surface area (Å²) in [6, 6.07) is 3.17. The minimum atomic E-state index is -1.12. The number of carboxylic acid groups (broad SMARTS) is 1. The average Bonchev–Trinajstić information content (AvgIpc) is 2.74. The highest BCUT2D eigenvalue weighted by Gasteiger charge is 2.34. The van der Waals surface area contributed by atoms with Crippen LogP contribution in [-0.4, -0.2) is 40.3 Å². The summed E-state index contributed by atoms with van der Waals surface area (Å²) in [6.07, 6.45) is 2.26. The quantitative estimate of drug-likeness (QED) is 0.681. The van der Waals surface area contributed by atoms with Gasteiger partial charge in [-0.1, -0.05) is 18.5 Å². The normalized spacial score (nSPS) is 16.1. The van der Waals surface area contributed by atoms with Gasteiger partial charge in [-0.3, -0.25) is 14.5 Å². The maximum absolute atomic E-state index is 12.2. The fourth-order valence-corrected chi connectivity index (χ4v) is 3.86. The fourth-order valence-electron chi connectivity index (χ4n) is 2.00. The Morgan fingerprint density at radius 2 is 2.17 bits per heavy atom. The number of amides is 2. The van der Waals surface area contributed by atoms with Gasteiger partial charge in [-0.25, -0.2) is 4.79 Å². The van der Waals surface area contributed by atoms with Crippen LogP contribution >= 0.6 is 39.3 Å². The molecule has 0 aliphatic carbocycles. The topological polar surface area (TPSA) is 83.9 Å². The molecule has 1 aliphatic rings. The van der Waals surface area contributed by atoms with Gasteiger partial charge in [0, 0.05) is 6.54 Å². The SMILES string of the molecule is CCCN1C(=O)S/C(=C/c2cc(Cl)c(OCC(=O)O)c(Br)c2)C1=O. The molecule has 9 heteroatoms. The predicted octanol–water partition coefficient (Wildman–Crippen LogP) is 4.01. The molecule has 2 amide bonds. The Labute approximate surface area is 155 Å². The van der Waals surface area contributed by atoms with Crippen LogP contribution in [0.1, 0.15) is 18.9 Å². The third-order valence-corrected chi connectivity index (χ3v) is 4.76. The zero-order valence-electron chi connectivity index (χ0n) is 12.5. The van der Waals surface area contributed by atoms with Crippen molar-refractivity contribution in [2.75, 3.05) is 13.2 Å². The van der Waals surface area contributed by atoms with E-state index in [1.807, 2.05) is 6.92 Å². The molecular weight excluding hydrogens is 422 g/mol. The smallest absolute Gasteiger partial charge is 0.341 e. The van der Waals surface area contributed by atoms with E-state index < -0.39 is 12.6 Å². The van der Waals surface area contributed by atoms with E-state index >= 15 is 0 Å². The number of aliphatic carboxylic acids is 1. The first-order valence-corrected chi connectivity index (χ1v) is 8.91. The number of carboxylic acids is 1. The van der Waals surface area contributed by atoms with Crippen LogP contribution in [-0.2, 0) is 9.59 Å². The third-order valence-electron chi connectivity index (χ3n) is 2.98. The molecule has 1 fully saturated rings. The van der Waals surface area contributed by atoms with Crippen LogP contribution in [0, 0.1) is 0 Å². The minimum absolute atomic E-state index is 0.199. The number of rotatable bonds is 6. The molecule has 0 saturated carbocycles. The monoisotopic (exact) mass is 433 g/mol. The summed E-state index contributed by atoms with van der Waals surface area (Å²) in [5.74, 6) is -1.24. The van der Waals surface area contributed by atoms with E-state index in [1.165, 1.54) is 11.0 Å². The first kappa shape index (κ1) is 18.8. The van der Waals surface area contributed by atoms with Gasteiger partial charge in [0.25, 0.3) is 11.1 Å². The second-order valence-electron chi connectivity index (χ2n) is 4.83. The Morgan fingerprint density at radius 1 is 1.46 bits per heavy atom. The minimum Gasteiger partial charge on any atom is -0.479 e. The number of ether oxygens (including phenoxy) is 1. The predicted molar refractivity (Wildman–Crippen MR) is 95.3 cm³/mol. The molecule has 0 bridgehead atoms. The van der Waals surface area contributed by atoms with E-state index in [9.17, 15) is 14.4 Å². The van der Waals surface area contributed by atoms with E-state index in [-0.39, 0.29) is 21.9 Å². The Bertz CT molecular complexity index is 714. The number of carbonyl (C=O) groups excluding carboxylic acids is 2. The van der Waals surface area contributed by atoms with Gasteiger partial charge in [-0.2, -0.15) is 0 Å². The molecule has 0 radical (unpaired) electrons. The van der Waals surface area contributed by atoms with E-state index in [4.69, 9.17) is 21.4 Å². The molecule has 6 nitrogen and oxygen atoms in total. The van der Waals surface area contributed by atoms with Crippen molar-refractivity contribution in [2.24, 2.45) is 0 Å². The third kappa shape index (κ3) is 4.31. The number of imide groups is 1. The Morgan fingerprint density at radius 3 is 2.75 bits per heavy atom. The van der Waals surface area contributed by atoms with Gasteiger partial charge in [0.2, 0.25) is 0 Å².